The van der Waals surface area contributed by atoms with E-state index in [-0.39, 0.29) is 19.1 Å². The predicted molar refractivity (Wildman–Crippen MR) is 98.1 cm³/mol. The van der Waals surface area contributed by atoms with Crippen LogP contribution in [0.5, 0.6) is 5.75 Å². The zero-order chi connectivity index (χ0) is 19.1. The molecule has 0 fully saturated rings. The number of carbonyl (C=O) groups excluding carboxylic acids is 2. The van der Waals surface area contributed by atoms with E-state index >= 15 is 0 Å². The maximum Gasteiger partial charge on any atom is 0.310 e. The van der Waals surface area contributed by atoms with Gasteiger partial charge in [-0.15, -0.1) is 0 Å². The third kappa shape index (κ3) is 5.61. The van der Waals surface area contributed by atoms with Crippen molar-refractivity contribution < 1.29 is 19.1 Å². The average Bonchev–Trinajstić information content (AvgIpc) is 3.05. The number of carbonyl (C=O) groups is 2. The van der Waals surface area contributed by atoms with E-state index < -0.39 is 18.0 Å². The first-order valence-electron chi connectivity index (χ1n) is 8.60. The standard InChI is InChI=1S/C19H25N3O4/c1-13(2)22-17(9-11-20-22)21-19(24)15(4)26-18(23)10-12-25-16-7-5-14(3)6-8-16/h5-9,11,13,15H,10,12H2,1-4H3,(H,21,24). The number of ether oxygens (including phenoxy) is 2. The van der Waals surface area contributed by atoms with Crippen LogP contribution < -0.4 is 10.1 Å². The number of nitrogens with one attached hydrogen (secondary N) is 1. The zero-order valence-electron chi connectivity index (χ0n) is 15.6. The second kappa shape index (κ2) is 9.03. The number of hydrogen-bond donors (Lipinski definition) is 1. The van der Waals surface area contributed by atoms with E-state index in [0.29, 0.717) is 11.6 Å². The van der Waals surface area contributed by atoms with Gasteiger partial charge in [0.2, 0.25) is 0 Å². The van der Waals surface area contributed by atoms with Gasteiger partial charge in [-0.3, -0.25) is 9.59 Å². The molecule has 0 bridgehead atoms. The normalized spacial score (nSPS) is 11.9. The van der Waals surface area contributed by atoms with Crippen LogP contribution in [0.1, 0.15) is 38.8 Å². The largest absolute Gasteiger partial charge is 0.493 e. The molecular weight excluding hydrogens is 334 g/mol. The van der Waals surface area contributed by atoms with Gasteiger partial charge in [-0.2, -0.15) is 5.10 Å². The molecule has 2 aromatic rings. The van der Waals surface area contributed by atoms with Crippen LogP contribution in [-0.2, 0) is 14.3 Å². The lowest BCUT2D eigenvalue weighted by Gasteiger charge is -2.15. The summed E-state index contributed by atoms with van der Waals surface area (Å²) in [5.41, 5.74) is 1.13. The Morgan fingerprint density at radius 3 is 2.50 bits per heavy atom. The van der Waals surface area contributed by atoms with Gasteiger partial charge < -0.3 is 14.8 Å². The maximum absolute atomic E-state index is 12.2. The van der Waals surface area contributed by atoms with Gasteiger partial charge in [0.1, 0.15) is 11.6 Å². The van der Waals surface area contributed by atoms with Crippen LogP contribution >= 0.6 is 0 Å². The smallest absolute Gasteiger partial charge is 0.310 e. The third-order valence-electron chi connectivity index (χ3n) is 3.68. The SMILES string of the molecule is Cc1ccc(OCCC(=O)OC(C)C(=O)Nc2ccnn2C(C)C)cc1. The Morgan fingerprint density at radius 1 is 1.15 bits per heavy atom. The Labute approximate surface area is 153 Å². The highest BCUT2D eigenvalue weighted by atomic mass is 16.5. The average molecular weight is 359 g/mol. The second-order valence-corrected chi connectivity index (χ2v) is 6.29. The van der Waals surface area contributed by atoms with E-state index in [2.05, 4.69) is 10.4 Å². The van der Waals surface area contributed by atoms with Crippen molar-refractivity contribution >= 4 is 17.7 Å². The molecule has 7 nitrogen and oxygen atoms in total. The highest BCUT2D eigenvalue weighted by Gasteiger charge is 2.19. The Bertz CT molecular complexity index is 737. The topological polar surface area (TPSA) is 82.4 Å². The summed E-state index contributed by atoms with van der Waals surface area (Å²) in [6, 6.07) is 9.35. The maximum atomic E-state index is 12.2. The van der Waals surface area contributed by atoms with Gasteiger partial charge in [-0.1, -0.05) is 17.7 Å². The Hall–Kier alpha value is -2.83. The molecule has 1 aromatic carbocycles. The summed E-state index contributed by atoms with van der Waals surface area (Å²) in [5, 5.41) is 6.86. The number of hydrogen-bond acceptors (Lipinski definition) is 5. The molecule has 1 N–H and O–H groups in total. The third-order valence-corrected chi connectivity index (χ3v) is 3.68. The summed E-state index contributed by atoms with van der Waals surface area (Å²) in [5.74, 6) is 0.365. The van der Waals surface area contributed by atoms with Gasteiger partial charge >= 0.3 is 5.97 Å². The number of aryl methyl sites for hydroxylation is 1. The number of esters is 1. The minimum absolute atomic E-state index is 0.0649. The predicted octanol–water partition coefficient (Wildman–Crippen LogP) is 3.11. The first kappa shape index (κ1) is 19.5. The summed E-state index contributed by atoms with van der Waals surface area (Å²) < 4.78 is 12.3. The number of anilines is 1. The van der Waals surface area contributed by atoms with Gasteiger partial charge in [0.25, 0.3) is 5.91 Å². The summed E-state index contributed by atoms with van der Waals surface area (Å²) in [6.45, 7) is 7.63. The Morgan fingerprint density at radius 2 is 1.85 bits per heavy atom. The lowest BCUT2D eigenvalue weighted by atomic mass is 10.2. The molecule has 0 aliphatic heterocycles. The number of nitrogens with zero attached hydrogens (tertiary/aromatic N) is 2. The fraction of sp³-hybridized carbons (Fsp3) is 0.421. The van der Waals surface area contributed by atoms with Gasteiger partial charge in [-0.25, -0.2) is 4.68 Å². The minimum atomic E-state index is -0.905. The fourth-order valence-corrected chi connectivity index (χ4v) is 2.25. The zero-order valence-corrected chi connectivity index (χ0v) is 15.6. The molecule has 2 rings (SSSR count). The van der Waals surface area contributed by atoms with Crippen LogP contribution in [0.15, 0.2) is 36.5 Å². The van der Waals surface area contributed by atoms with Crippen LogP contribution in [0.4, 0.5) is 5.82 Å². The van der Waals surface area contributed by atoms with Crippen molar-refractivity contribution in [1.82, 2.24) is 9.78 Å². The number of rotatable bonds is 8. The van der Waals surface area contributed by atoms with Crippen LogP contribution in [0.25, 0.3) is 0 Å². The molecule has 1 heterocycles. The van der Waals surface area contributed by atoms with Crippen molar-refractivity contribution in [3.8, 4) is 5.75 Å². The quantitative estimate of drug-likeness (QED) is 0.732. The molecule has 1 unspecified atom stereocenters. The molecule has 0 saturated heterocycles. The van der Waals surface area contributed by atoms with Gasteiger partial charge in [0.05, 0.1) is 19.2 Å². The van der Waals surface area contributed by atoms with Crippen molar-refractivity contribution in [2.75, 3.05) is 11.9 Å². The molecule has 1 atom stereocenters. The molecule has 7 heteroatoms. The highest BCUT2D eigenvalue weighted by Crippen LogP contribution is 2.14. The van der Waals surface area contributed by atoms with E-state index in [0.717, 1.165) is 5.56 Å². The van der Waals surface area contributed by atoms with Crippen LogP contribution in [-0.4, -0.2) is 34.4 Å². The van der Waals surface area contributed by atoms with Gasteiger partial charge in [0.15, 0.2) is 6.10 Å². The van der Waals surface area contributed by atoms with E-state index in [1.165, 1.54) is 6.92 Å². The lowest BCUT2D eigenvalue weighted by Crippen LogP contribution is -2.31. The second-order valence-electron chi connectivity index (χ2n) is 6.29. The minimum Gasteiger partial charge on any atom is -0.493 e. The summed E-state index contributed by atoms with van der Waals surface area (Å²) in [7, 11) is 0. The molecule has 1 aromatic heterocycles. The summed E-state index contributed by atoms with van der Waals surface area (Å²) >= 11 is 0. The monoisotopic (exact) mass is 359 g/mol. The van der Waals surface area contributed by atoms with Gasteiger partial charge in [-0.05, 0) is 39.8 Å². The van der Waals surface area contributed by atoms with Gasteiger partial charge in [0, 0.05) is 12.1 Å². The van der Waals surface area contributed by atoms with E-state index in [1.54, 1.807) is 16.9 Å². The molecular formula is C19H25N3O4. The molecule has 0 spiro atoms. The van der Waals surface area contributed by atoms with Crippen molar-refractivity contribution in [1.29, 1.82) is 0 Å². The fourth-order valence-electron chi connectivity index (χ4n) is 2.25. The van der Waals surface area contributed by atoms with Crippen molar-refractivity contribution in [3.05, 3.63) is 42.1 Å². The molecule has 1 amide bonds. The Kier molecular flexibility index (Phi) is 6.77. The highest BCUT2D eigenvalue weighted by molar-refractivity contribution is 5.94. The van der Waals surface area contributed by atoms with Crippen molar-refractivity contribution in [2.45, 2.75) is 46.3 Å². The van der Waals surface area contributed by atoms with Crippen LogP contribution in [0.2, 0.25) is 0 Å². The lowest BCUT2D eigenvalue weighted by molar-refractivity contribution is -0.153. The van der Waals surface area contributed by atoms with Crippen LogP contribution in [0, 0.1) is 6.92 Å². The number of benzene rings is 1. The summed E-state index contributed by atoms with van der Waals surface area (Å²) in [6.07, 6.45) is 0.766. The molecule has 0 radical (unpaired) electrons. The molecule has 140 valence electrons. The van der Waals surface area contributed by atoms with E-state index in [9.17, 15) is 9.59 Å². The number of aromatic nitrogens is 2. The van der Waals surface area contributed by atoms with Crippen molar-refractivity contribution in [3.63, 3.8) is 0 Å². The molecule has 0 saturated carbocycles. The first-order valence-corrected chi connectivity index (χ1v) is 8.60. The van der Waals surface area contributed by atoms with E-state index in [4.69, 9.17) is 9.47 Å². The van der Waals surface area contributed by atoms with Crippen LogP contribution in [0.3, 0.4) is 0 Å². The Balaban J connectivity index is 1.76. The van der Waals surface area contributed by atoms with E-state index in [1.807, 2.05) is 45.0 Å². The molecule has 26 heavy (non-hydrogen) atoms. The number of amides is 1. The molecule has 0 aliphatic carbocycles. The summed E-state index contributed by atoms with van der Waals surface area (Å²) in [4.78, 5) is 24.1. The first-order chi connectivity index (χ1) is 12.4. The molecule has 0 aliphatic rings. The van der Waals surface area contributed by atoms with Crippen molar-refractivity contribution in [2.24, 2.45) is 0 Å².